The number of benzene rings is 1. The third-order valence-electron chi connectivity index (χ3n) is 6.89. The van der Waals surface area contributed by atoms with Crippen LogP contribution in [0.25, 0.3) is 10.9 Å². The molecule has 2 aliphatic rings. The van der Waals surface area contributed by atoms with Gasteiger partial charge in [0.2, 0.25) is 15.6 Å². The Morgan fingerprint density at radius 1 is 1.06 bits per heavy atom. The molecule has 4 rings (SSSR count). The number of rotatable bonds is 6. The van der Waals surface area contributed by atoms with Gasteiger partial charge in [0.15, 0.2) is 0 Å². The van der Waals surface area contributed by atoms with E-state index in [9.17, 15) is 18.0 Å². The summed E-state index contributed by atoms with van der Waals surface area (Å²) < 4.78 is 28.0. The van der Waals surface area contributed by atoms with Gasteiger partial charge in [0.25, 0.3) is 5.91 Å². The van der Waals surface area contributed by atoms with Gasteiger partial charge in [-0.2, -0.15) is 4.31 Å². The van der Waals surface area contributed by atoms with Crippen molar-refractivity contribution in [3.05, 3.63) is 40.2 Å². The van der Waals surface area contributed by atoms with Crippen LogP contribution in [0.3, 0.4) is 0 Å². The zero-order valence-corrected chi connectivity index (χ0v) is 20.1. The third-order valence-corrected chi connectivity index (χ3v) is 8.78. The van der Waals surface area contributed by atoms with Crippen molar-refractivity contribution < 1.29 is 13.2 Å². The van der Waals surface area contributed by atoms with Crippen LogP contribution in [0, 0.1) is 0 Å². The van der Waals surface area contributed by atoms with E-state index in [0.29, 0.717) is 36.6 Å². The van der Waals surface area contributed by atoms with Gasteiger partial charge < -0.3 is 10.3 Å². The lowest BCUT2D eigenvalue weighted by molar-refractivity contribution is 0.0940. The molecule has 1 unspecified atom stereocenters. The number of fused-ring (bicyclic) bond motifs is 1. The van der Waals surface area contributed by atoms with Gasteiger partial charge in [-0.15, -0.1) is 0 Å². The van der Waals surface area contributed by atoms with E-state index in [0.717, 1.165) is 38.8 Å². The predicted octanol–water partition coefficient (Wildman–Crippen LogP) is 2.70. The summed E-state index contributed by atoms with van der Waals surface area (Å²) in [6.45, 7) is 5.48. The summed E-state index contributed by atoms with van der Waals surface area (Å²) in [6.07, 6.45) is 7.35. The van der Waals surface area contributed by atoms with Crippen LogP contribution in [0.15, 0.2) is 34.0 Å². The number of carbonyl (C=O) groups is 1. The van der Waals surface area contributed by atoms with E-state index in [4.69, 9.17) is 0 Å². The number of H-pyrrole nitrogens is 1. The number of aromatic amines is 1. The van der Waals surface area contributed by atoms with Crippen molar-refractivity contribution >= 4 is 26.8 Å². The summed E-state index contributed by atoms with van der Waals surface area (Å²) >= 11 is 0. The highest BCUT2D eigenvalue weighted by molar-refractivity contribution is 7.89. The topological polar surface area (TPSA) is 103 Å². The zero-order valence-electron chi connectivity index (χ0n) is 19.3. The lowest BCUT2D eigenvalue weighted by Crippen LogP contribution is -2.42. The smallest absolute Gasteiger partial charge is 0.252 e. The second-order valence-corrected chi connectivity index (χ2v) is 11.1. The van der Waals surface area contributed by atoms with Crippen molar-refractivity contribution in [3.8, 4) is 0 Å². The summed E-state index contributed by atoms with van der Waals surface area (Å²) in [4.78, 5) is 30.4. The molecule has 1 atom stereocenters. The second kappa shape index (κ2) is 10.4. The van der Waals surface area contributed by atoms with Crippen molar-refractivity contribution in [2.45, 2.75) is 62.8 Å². The Morgan fingerprint density at radius 2 is 1.79 bits per heavy atom. The SMILES string of the molecule is CC1CCCCN1CCNC(=O)c1cc(=O)[nH]c2ccc(S(=O)(=O)N3CCCCCC3)cc12. The molecule has 2 saturated heterocycles. The van der Waals surface area contributed by atoms with Crippen LogP contribution in [0.4, 0.5) is 0 Å². The molecule has 2 aliphatic heterocycles. The molecular weight excluding hydrogens is 440 g/mol. The number of carbonyl (C=O) groups excluding carboxylic acids is 1. The minimum absolute atomic E-state index is 0.153. The van der Waals surface area contributed by atoms with Crippen molar-refractivity contribution in [2.75, 3.05) is 32.7 Å². The van der Waals surface area contributed by atoms with Crippen molar-refractivity contribution in [3.63, 3.8) is 0 Å². The minimum atomic E-state index is -3.66. The van der Waals surface area contributed by atoms with E-state index in [-0.39, 0.29) is 21.9 Å². The van der Waals surface area contributed by atoms with Gasteiger partial charge in [0.05, 0.1) is 10.5 Å². The number of hydrogen-bond acceptors (Lipinski definition) is 5. The maximum absolute atomic E-state index is 13.3. The molecule has 0 saturated carbocycles. The standard InChI is InChI=1S/C24H34N4O4S/c1-18-8-4-7-12-27(18)15-11-25-24(30)21-17-23(29)26-22-10-9-19(16-20(21)22)33(31,32)28-13-5-2-3-6-14-28/h9-10,16-18H,2-8,11-15H2,1H3,(H,25,30)(H,26,29). The van der Waals surface area contributed by atoms with Crippen LogP contribution in [-0.4, -0.2) is 67.3 Å². The molecular formula is C24H34N4O4S. The van der Waals surface area contributed by atoms with Crippen LogP contribution in [0.2, 0.25) is 0 Å². The lowest BCUT2D eigenvalue weighted by atomic mass is 10.0. The van der Waals surface area contributed by atoms with E-state index in [1.807, 2.05) is 0 Å². The summed E-state index contributed by atoms with van der Waals surface area (Å²) in [5, 5.41) is 3.36. The van der Waals surface area contributed by atoms with Crippen LogP contribution in [0.5, 0.6) is 0 Å². The van der Waals surface area contributed by atoms with Gasteiger partial charge >= 0.3 is 0 Å². The third kappa shape index (κ3) is 5.47. The Balaban J connectivity index is 1.57. The van der Waals surface area contributed by atoms with Gasteiger partial charge in [-0.1, -0.05) is 19.3 Å². The number of piperidine rings is 1. The van der Waals surface area contributed by atoms with Gasteiger partial charge in [0, 0.05) is 49.2 Å². The van der Waals surface area contributed by atoms with Crippen LogP contribution < -0.4 is 10.9 Å². The fourth-order valence-corrected chi connectivity index (χ4v) is 6.45. The van der Waals surface area contributed by atoms with Crippen LogP contribution in [-0.2, 0) is 10.0 Å². The normalized spacial score (nSPS) is 21.1. The Bertz CT molecular complexity index is 1150. The molecule has 33 heavy (non-hydrogen) atoms. The number of nitrogens with one attached hydrogen (secondary N) is 2. The molecule has 0 bridgehead atoms. The number of hydrogen-bond donors (Lipinski definition) is 2. The van der Waals surface area contributed by atoms with Crippen molar-refractivity contribution in [1.82, 2.24) is 19.5 Å². The first-order chi connectivity index (χ1) is 15.9. The summed E-state index contributed by atoms with van der Waals surface area (Å²) in [6, 6.07) is 6.37. The van der Waals surface area contributed by atoms with E-state index < -0.39 is 10.0 Å². The van der Waals surface area contributed by atoms with E-state index in [1.165, 1.54) is 41.8 Å². The molecule has 8 nitrogen and oxygen atoms in total. The van der Waals surface area contributed by atoms with Gasteiger partial charge in [0.1, 0.15) is 0 Å². The molecule has 1 aromatic heterocycles. The minimum Gasteiger partial charge on any atom is -0.351 e. The molecule has 1 amide bonds. The summed E-state index contributed by atoms with van der Waals surface area (Å²) in [5.74, 6) is -0.361. The fourth-order valence-electron chi connectivity index (χ4n) is 4.91. The van der Waals surface area contributed by atoms with Crippen molar-refractivity contribution in [1.29, 1.82) is 0 Å². The van der Waals surface area contributed by atoms with Crippen molar-refractivity contribution in [2.24, 2.45) is 0 Å². The van der Waals surface area contributed by atoms with E-state index >= 15 is 0 Å². The molecule has 9 heteroatoms. The first-order valence-electron chi connectivity index (χ1n) is 12.1. The number of sulfonamides is 1. The first-order valence-corrected chi connectivity index (χ1v) is 13.5. The number of likely N-dealkylation sites (tertiary alicyclic amines) is 1. The monoisotopic (exact) mass is 474 g/mol. The average Bonchev–Trinajstić information content (AvgIpc) is 3.09. The molecule has 2 aromatic rings. The molecule has 1 aromatic carbocycles. The maximum Gasteiger partial charge on any atom is 0.252 e. The molecule has 2 N–H and O–H groups in total. The van der Waals surface area contributed by atoms with Gasteiger partial charge in [-0.3, -0.25) is 14.5 Å². The van der Waals surface area contributed by atoms with Gasteiger partial charge in [-0.05, 0) is 57.4 Å². The Hall–Kier alpha value is -2.23. The number of amides is 1. The van der Waals surface area contributed by atoms with Crippen LogP contribution in [0.1, 0.15) is 62.2 Å². The second-order valence-electron chi connectivity index (χ2n) is 9.21. The maximum atomic E-state index is 13.3. The number of pyridine rings is 1. The Kier molecular flexibility index (Phi) is 7.51. The zero-order chi connectivity index (χ0) is 23.4. The van der Waals surface area contributed by atoms with E-state index in [1.54, 1.807) is 6.07 Å². The molecule has 0 spiro atoms. The van der Waals surface area contributed by atoms with Crippen LogP contribution >= 0.6 is 0 Å². The number of nitrogens with zero attached hydrogens (tertiary/aromatic N) is 2. The summed E-state index contributed by atoms with van der Waals surface area (Å²) in [5.41, 5.74) is 0.265. The molecule has 2 fully saturated rings. The Labute approximate surface area is 195 Å². The first kappa shape index (κ1) is 23.9. The molecule has 0 radical (unpaired) electrons. The molecule has 180 valence electrons. The quantitative estimate of drug-likeness (QED) is 0.670. The number of aromatic nitrogens is 1. The fraction of sp³-hybridized carbons (Fsp3) is 0.583. The van der Waals surface area contributed by atoms with Gasteiger partial charge in [-0.25, -0.2) is 8.42 Å². The average molecular weight is 475 g/mol. The lowest BCUT2D eigenvalue weighted by Gasteiger charge is -2.33. The Morgan fingerprint density at radius 3 is 2.52 bits per heavy atom. The van der Waals surface area contributed by atoms with E-state index in [2.05, 4.69) is 22.1 Å². The highest BCUT2D eigenvalue weighted by Gasteiger charge is 2.26. The molecule has 3 heterocycles. The largest absolute Gasteiger partial charge is 0.351 e. The summed E-state index contributed by atoms with van der Waals surface area (Å²) in [7, 11) is -3.66. The highest BCUT2D eigenvalue weighted by Crippen LogP contribution is 2.25. The highest BCUT2D eigenvalue weighted by atomic mass is 32.2. The molecule has 0 aliphatic carbocycles. The predicted molar refractivity (Wildman–Crippen MR) is 129 cm³/mol.